The second-order valence-corrected chi connectivity index (χ2v) is 4.09. The van der Waals surface area contributed by atoms with Gasteiger partial charge in [-0.1, -0.05) is 11.6 Å². The number of hydrogen-bond donors (Lipinski definition) is 0. The SMILES string of the molecule is C1=C2CC3(CC3)CC2C1. The van der Waals surface area contributed by atoms with Crippen molar-refractivity contribution in [3.05, 3.63) is 11.6 Å². The predicted octanol–water partition coefficient (Wildman–Crippen LogP) is 2.51. The van der Waals surface area contributed by atoms with Gasteiger partial charge in [-0.25, -0.2) is 0 Å². The summed E-state index contributed by atoms with van der Waals surface area (Å²) in [6.07, 6.45) is 9.99. The zero-order valence-corrected chi connectivity index (χ0v) is 5.69. The fourth-order valence-corrected chi connectivity index (χ4v) is 2.47. The average molecular weight is 120 g/mol. The van der Waals surface area contributed by atoms with Gasteiger partial charge in [-0.05, 0) is 43.4 Å². The van der Waals surface area contributed by atoms with E-state index in [1.807, 2.05) is 5.57 Å². The van der Waals surface area contributed by atoms with Gasteiger partial charge in [-0.3, -0.25) is 0 Å². The van der Waals surface area contributed by atoms with Crippen LogP contribution in [-0.2, 0) is 0 Å². The van der Waals surface area contributed by atoms with Gasteiger partial charge < -0.3 is 0 Å². The maximum Gasteiger partial charge on any atom is -0.0163 e. The van der Waals surface area contributed by atoms with E-state index in [9.17, 15) is 0 Å². The summed E-state index contributed by atoms with van der Waals surface area (Å²) in [6.45, 7) is 0. The third kappa shape index (κ3) is 0.452. The summed E-state index contributed by atoms with van der Waals surface area (Å²) in [6, 6.07) is 0. The van der Waals surface area contributed by atoms with Gasteiger partial charge in [-0.2, -0.15) is 0 Å². The van der Waals surface area contributed by atoms with Gasteiger partial charge in [0.1, 0.15) is 0 Å². The Kier molecular flexibility index (Phi) is 0.564. The van der Waals surface area contributed by atoms with Gasteiger partial charge in [0.2, 0.25) is 0 Å². The molecule has 1 unspecified atom stereocenters. The van der Waals surface area contributed by atoms with E-state index in [2.05, 4.69) is 6.08 Å². The van der Waals surface area contributed by atoms with Crippen LogP contribution < -0.4 is 0 Å². The molecule has 3 aliphatic rings. The van der Waals surface area contributed by atoms with E-state index < -0.39 is 0 Å². The molecule has 0 heteroatoms. The van der Waals surface area contributed by atoms with Gasteiger partial charge in [0.15, 0.2) is 0 Å². The van der Waals surface area contributed by atoms with Gasteiger partial charge >= 0.3 is 0 Å². The molecule has 0 aliphatic heterocycles. The van der Waals surface area contributed by atoms with Crippen LogP contribution >= 0.6 is 0 Å². The van der Waals surface area contributed by atoms with Crippen LogP contribution in [0.2, 0.25) is 0 Å². The van der Waals surface area contributed by atoms with Crippen molar-refractivity contribution in [2.45, 2.75) is 32.1 Å². The summed E-state index contributed by atoms with van der Waals surface area (Å²) in [7, 11) is 0. The van der Waals surface area contributed by atoms with Crippen LogP contribution in [0, 0.1) is 11.3 Å². The predicted molar refractivity (Wildman–Crippen MR) is 37.1 cm³/mol. The minimum Gasteiger partial charge on any atom is -0.0844 e. The Morgan fingerprint density at radius 2 is 2.33 bits per heavy atom. The van der Waals surface area contributed by atoms with Crippen molar-refractivity contribution in [2.75, 3.05) is 0 Å². The standard InChI is InChI=1S/C9H12/c1-2-8-6-9(3-4-9)5-7(1)8/h1,8H,2-6H2. The van der Waals surface area contributed by atoms with E-state index in [-0.39, 0.29) is 0 Å². The van der Waals surface area contributed by atoms with E-state index in [0.29, 0.717) is 0 Å². The highest BCUT2D eigenvalue weighted by Crippen LogP contribution is 2.64. The molecule has 0 aromatic rings. The third-order valence-corrected chi connectivity index (χ3v) is 3.40. The second kappa shape index (κ2) is 1.12. The molecule has 3 aliphatic carbocycles. The highest BCUT2D eigenvalue weighted by Gasteiger charge is 2.51. The highest BCUT2D eigenvalue weighted by molar-refractivity contribution is 5.28. The molecule has 9 heavy (non-hydrogen) atoms. The summed E-state index contributed by atoms with van der Waals surface area (Å²) in [4.78, 5) is 0. The van der Waals surface area contributed by atoms with Gasteiger partial charge in [-0.15, -0.1) is 0 Å². The normalized spacial score (nSPS) is 41.8. The molecular formula is C9H12. The molecule has 1 spiro atoms. The third-order valence-electron chi connectivity index (χ3n) is 3.40. The Morgan fingerprint density at radius 1 is 1.44 bits per heavy atom. The smallest absolute Gasteiger partial charge is 0.0163 e. The first-order chi connectivity index (χ1) is 4.38. The molecule has 1 atom stereocenters. The Balaban J connectivity index is 1.96. The molecule has 0 nitrogen and oxygen atoms in total. The monoisotopic (exact) mass is 120 g/mol. The van der Waals surface area contributed by atoms with E-state index in [1.165, 1.54) is 12.8 Å². The minimum absolute atomic E-state index is 0.882. The summed E-state index contributed by atoms with van der Waals surface area (Å²) in [5.41, 5.74) is 2.69. The first-order valence-corrected chi connectivity index (χ1v) is 4.07. The van der Waals surface area contributed by atoms with E-state index in [0.717, 1.165) is 11.3 Å². The zero-order valence-electron chi connectivity index (χ0n) is 5.69. The van der Waals surface area contributed by atoms with Gasteiger partial charge in [0.05, 0.1) is 0 Å². The average Bonchev–Trinajstić information content (AvgIpc) is 2.52. The lowest BCUT2D eigenvalue weighted by molar-refractivity contribution is 0.479. The fraction of sp³-hybridized carbons (Fsp3) is 0.778. The lowest BCUT2D eigenvalue weighted by atomic mass is 9.88. The summed E-state index contributed by atoms with van der Waals surface area (Å²) in [5, 5.41) is 0. The molecule has 0 N–H and O–H groups in total. The summed E-state index contributed by atoms with van der Waals surface area (Å²) in [5.74, 6) is 1.06. The Bertz CT molecular complexity index is 184. The van der Waals surface area contributed by atoms with Crippen LogP contribution in [0.3, 0.4) is 0 Å². The Hall–Kier alpha value is -0.260. The molecule has 2 saturated carbocycles. The van der Waals surface area contributed by atoms with Crippen LogP contribution in [0.15, 0.2) is 11.6 Å². The minimum atomic E-state index is 0.882. The molecule has 2 fully saturated rings. The van der Waals surface area contributed by atoms with Crippen molar-refractivity contribution in [3.8, 4) is 0 Å². The van der Waals surface area contributed by atoms with Crippen LogP contribution in [0.5, 0.6) is 0 Å². The van der Waals surface area contributed by atoms with Crippen LogP contribution in [0.4, 0.5) is 0 Å². The quantitative estimate of drug-likeness (QED) is 0.431. The van der Waals surface area contributed by atoms with Crippen molar-refractivity contribution in [1.82, 2.24) is 0 Å². The molecular weight excluding hydrogens is 108 g/mol. The molecule has 0 aromatic heterocycles. The molecule has 0 heterocycles. The van der Waals surface area contributed by atoms with Crippen molar-refractivity contribution < 1.29 is 0 Å². The zero-order chi connectivity index (χ0) is 5.90. The molecule has 0 radical (unpaired) electrons. The fourth-order valence-electron chi connectivity index (χ4n) is 2.47. The van der Waals surface area contributed by atoms with Crippen LogP contribution in [0.1, 0.15) is 32.1 Å². The van der Waals surface area contributed by atoms with E-state index >= 15 is 0 Å². The van der Waals surface area contributed by atoms with Crippen molar-refractivity contribution >= 4 is 0 Å². The first kappa shape index (κ1) is 4.54. The molecule has 48 valence electrons. The highest BCUT2D eigenvalue weighted by atomic mass is 14.6. The van der Waals surface area contributed by atoms with Gasteiger partial charge in [0.25, 0.3) is 0 Å². The number of rotatable bonds is 0. The Labute approximate surface area is 56.0 Å². The van der Waals surface area contributed by atoms with Crippen LogP contribution in [0.25, 0.3) is 0 Å². The molecule has 0 saturated heterocycles. The topological polar surface area (TPSA) is 0 Å². The lowest BCUT2D eigenvalue weighted by Gasteiger charge is -2.17. The van der Waals surface area contributed by atoms with Crippen molar-refractivity contribution in [3.63, 3.8) is 0 Å². The molecule has 0 amide bonds. The number of hydrogen-bond acceptors (Lipinski definition) is 0. The lowest BCUT2D eigenvalue weighted by Crippen LogP contribution is -2.03. The Morgan fingerprint density at radius 3 is 2.67 bits per heavy atom. The van der Waals surface area contributed by atoms with Gasteiger partial charge in [0, 0.05) is 0 Å². The summed E-state index contributed by atoms with van der Waals surface area (Å²) >= 11 is 0. The van der Waals surface area contributed by atoms with Crippen LogP contribution in [-0.4, -0.2) is 0 Å². The maximum absolute atomic E-state index is 2.46. The van der Waals surface area contributed by atoms with Crippen molar-refractivity contribution in [1.29, 1.82) is 0 Å². The maximum atomic E-state index is 2.46. The van der Waals surface area contributed by atoms with Crippen molar-refractivity contribution in [2.24, 2.45) is 11.3 Å². The molecule has 3 rings (SSSR count). The van der Waals surface area contributed by atoms with E-state index in [4.69, 9.17) is 0 Å². The molecule has 0 aromatic carbocycles. The summed E-state index contributed by atoms with van der Waals surface area (Å²) < 4.78 is 0. The largest absolute Gasteiger partial charge is 0.0844 e. The number of fused-ring (bicyclic) bond motifs is 1. The second-order valence-electron chi connectivity index (χ2n) is 4.09. The first-order valence-electron chi connectivity index (χ1n) is 4.07. The number of allylic oxidation sites excluding steroid dienone is 2. The van der Waals surface area contributed by atoms with E-state index in [1.54, 1.807) is 19.3 Å². The molecule has 0 bridgehead atoms.